The van der Waals surface area contributed by atoms with Gasteiger partial charge in [-0.15, -0.1) is 0 Å². The van der Waals surface area contributed by atoms with Crippen LogP contribution < -0.4 is 16.5 Å². The van der Waals surface area contributed by atoms with Crippen LogP contribution in [0.15, 0.2) is 55.0 Å². The zero-order valence-corrected chi connectivity index (χ0v) is 16.1. The summed E-state index contributed by atoms with van der Waals surface area (Å²) >= 11 is 0. The van der Waals surface area contributed by atoms with E-state index in [0.717, 1.165) is 11.1 Å². The van der Waals surface area contributed by atoms with E-state index in [1.54, 1.807) is 40.9 Å². The van der Waals surface area contributed by atoms with Crippen LogP contribution >= 0.6 is 0 Å². The third-order valence-corrected chi connectivity index (χ3v) is 4.72. The summed E-state index contributed by atoms with van der Waals surface area (Å²) in [6.45, 7) is 2.32. The normalized spacial score (nSPS) is 10.9. The SMILES string of the molecule is Cc1cnc(-c2ncn3c(C(N)=O)cccc23)nc1NCc1cccc(B(O)O)c1. The third-order valence-electron chi connectivity index (χ3n) is 4.72. The molecule has 0 bridgehead atoms. The zero-order chi connectivity index (χ0) is 21.3. The smallest absolute Gasteiger partial charge is 0.423 e. The summed E-state index contributed by atoms with van der Waals surface area (Å²) < 4.78 is 1.61. The lowest BCUT2D eigenvalue weighted by Crippen LogP contribution is -2.30. The van der Waals surface area contributed by atoms with E-state index in [9.17, 15) is 14.8 Å². The van der Waals surface area contributed by atoms with Gasteiger partial charge in [0, 0.05) is 18.3 Å². The summed E-state index contributed by atoms with van der Waals surface area (Å²) in [7, 11) is -1.52. The van der Waals surface area contributed by atoms with Crippen LogP contribution in [0.2, 0.25) is 0 Å². The number of carbonyl (C=O) groups excluding carboxylic acids is 1. The first kappa shape index (κ1) is 19.6. The monoisotopic (exact) mass is 402 g/mol. The molecule has 4 aromatic rings. The summed E-state index contributed by atoms with van der Waals surface area (Å²) in [5, 5.41) is 21.9. The molecule has 0 saturated heterocycles. The van der Waals surface area contributed by atoms with E-state index in [1.807, 2.05) is 19.1 Å². The average Bonchev–Trinajstić information content (AvgIpc) is 3.17. The van der Waals surface area contributed by atoms with Crippen LogP contribution in [0.5, 0.6) is 0 Å². The van der Waals surface area contributed by atoms with Gasteiger partial charge in [0.25, 0.3) is 5.91 Å². The van der Waals surface area contributed by atoms with Crippen LogP contribution in [0.1, 0.15) is 21.6 Å². The van der Waals surface area contributed by atoms with Crippen LogP contribution in [0.25, 0.3) is 17.0 Å². The third kappa shape index (κ3) is 3.73. The fourth-order valence-corrected chi connectivity index (χ4v) is 3.18. The Hall–Kier alpha value is -3.76. The number of aryl methyl sites for hydroxylation is 1. The zero-order valence-electron chi connectivity index (χ0n) is 16.1. The van der Waals surface area contributed by atoms with E-state index in [-0.39, 0.29) is 0 Å². The second-order valence-corrected chi connectivity index (χ2v) is 6.82. The summed E-state index contributed by atoms with van der Waals surface area (Å²) in [5.74, 6) is 0.487. The van der Waals surface area contributed by atoms with E-state index < -0.39 is 13.0 Å². The molecule has 4 rings (SSSR count). The van der Waals surface area contributed by atoms with Crippen LogP contribution in [0.4, 0.5) is 5.82 Å². The maximum atomic E-state index is 11.6. The molecule has 0 aliphatic heterocycles. The van der Waals surface area contributed by atoms with E-state index in [1.165, 1.54) is 6.33 Å². The van der Waals surface area contributed by atoms with Crippen molar-refractivity contribution in [3.8, 4) is 11.5 Å². The topological polar surface area (TPSA) is 139 Å². The number of anilines is 1. The van der Waals surface area contributed by atoms with Crippen LogP contribution in [-0.2, 0) is 6.54 Å². The fourth-order valence-electron chi connectivity index (χ4n) is 3.18. The van der Waals surface area contributed by atoms with Crippen molar-refractivity contribution in [1.82, 2.24) is 19.4 Å². The Morgan fingerprint density at radius 1 is 1.20 bits per heavy atom. The maximum absolute atomic E-state index is 11.6. The van der Waals surface area contributed by atoms with Gasteiger partial charge in [0.05, 0.1) is 5.52 Å². The minimum Gasteiger partial charge on any atom is -0.423 e. The number of primary amides is 1. The Kier molecular flexibility index (Phi) is 5.17. The van der Waals surface area contributed by atoms with Crippen LogP contribution in [-0.4, -0.2) is 42.4 Å². The molecule has 0 saturated carbocycles. The van der Waals surface area contributed by atoms with Crippen molar-refractivity contribution in [2.45, 2.75) is 13.5 Å². The summed E-state index contributed by atoms with van der Waals surface area (Å²) in [5.41, 5.74) is 9.10. The highest BCUT2D eigenvalue weighted by atomic mass is 16.4. The number of rotatable bonds is 6. The van der Waals surface area contributed by atoms with Gasteiger partial charge in [-0.05, 0) is 30.1 Å². The number of nitrogens with zero attached hydrogens (tertiary/aromatic N) is 4. The molecule has 30 heavy (non-hydrogen) atoms. The molecule has 150 valence electrons. The molecular weight excluding hydrogens is 383 g/mol. The Balaban J connectivity index is 1.64. The number of amides is 1. The first-order valence-corrected chi connectivity index (χ1v) is 9.23. The lowest BCUT2D eigenvalue weighted by molar-refractivity contribution is 0.0994. The highest BCUT2D eigenvalue weighted by Crippen LogP contribution is 2.23. The first-order chi connectivity index (χ1) is 14.4. The number of fused-ring (bicyclic) bond motifs is 1. The number of imidazole rings is 1. The molecule has 0 fully saturated rings. The molecule has 0 aliphatic rings. The molecule has 0 radical (unpaired) electrons. The number of hydrogen-bond acceptors (Lipinski definition) is 7. The van der Waals surface area contributed by atoms with Crippen molar-refractivity contribution in [1.29, 1.82) is 0 Å². The lowest BCUT2D eigenvalue weighted by atomic mass is 9.80. The van der Waals surface area contributed by atoms with Crippen molar-refractivity contribution in [2.75, 3.05) is 5.32 Å². The van der Waals surface area contributed by atoms with Gasteiger partial charge in [-0.1, -0.05) is 30.3 Å². The fraction of sp³-hybridized carbons (Fsp3) is 0.100. The minimum atomic E-state index is -1.52. The average molecular weight is 402 g/mol. The van der Waals surface area contributed by atoms with Crippen molar-refractivity contribution < 1.29 is 14.8 Å². The van der Waals surface area contributed by atoms with Crippen LogP contribution in [0, 0.1) is 6.92 Å². The molecule has 9 nitrogen and oxygen atoms in total. The second kappa shape index (κ2) is 7.93. The minimum absolute atomic E-state index is 0.322. The van der Waals surface area contributed by atoms with Gasteiger partial charge in [-0.2, -0.15) is 0 Å². The molecule has 3 aromatic heterocycles. The first-order valence-electron chi connectivity index (χ1n) is 9.23. The lowest BCUT2D eigenvalue weighted by Gasteiger charge is -2.10. The van der Waals surface area contributed by atoms with E-state index in [0.29, 0.717) is 40.6 Å². The number of aromatic nitrogens is 4. The maximum Gasteiger partial charge on any atom is 0.488 e. The van der Waals surface area contributed by atoms with Gasteiger partial charge in [-0.25, -0.2) is 15.0 Å². The predicted molar refractivity (Wildman–Crippen MR) is 113 cm³/mol. The van der Waals surface area contributed by atoms with Gasteiger partial charge in [-0.3, -0.25) is 9.20 Å². The van der Waals surface area contributed by atoms with Crippen molar-refractivity contribution in [3.63, 3.8) is 0 Å². The Morgan fingerprint density at radius 2 is 2.00 bits per heavy atom. The van der Waals surface area contributed by atoms with Crippen molar-refractivity contribution >= 4 is 29.8 Å². The number of nitrogens with one attached hydrogen (secondary N) is 1. The van der Waals surface area contributed by atoms with Gasteiger partial charge in [0.2, 0.25) is 0 Å². The highest BCUT2D eigenvalue weighted by molar-refractivity contribution is 6.58. The van der Waals surface area contributed by atoms with Gasteiger partial charge < -0.3 is 21.1 Å². The van der Waals surface area contributed by atoms with E-state index >= 15 is 0 Å². The Bertz CT molecular complexity index is 1240. The standard InChI is InChI=1S/C20H19BN6O3/c1-12-9-23-20(17-15-6-3-7-16(18(22)28)27(15)11-25-17)26-19(12)24-10-13-4-2-5-14(8-13)21(29)30/h2-9,11,29-30H,10H2,1H3,(H2,22,28)(H,23,24,26). The molecule has 10 heteroatoms. The van der Waals surface area contributed by atoms with Crippen molar-refractivity contribution in [3.05, 3.63) is 71.8 Å². The number of pyridine rings is 1. The van der Waals surface area contributed by atoms with Crippen LogP contribution in [0.3, 0.4) is 0 Å². The van der Waals surface area contributed by atoms with Crippen molar-refractivity contribution in [2.24, 2.45) is 5.73 Å². The second-order valence-electron chi connectivity index (χ2n) is 6.82. The number of nitrogens with two attached hydrogens (primary N) is 1. The molecule has 0 unspecified atom stereocenters. The quantitative estimate of drug-likeness (QED) is 0.344. The number of carbonyl (C=O) groups is 1. The molecule has 3 heterocycles. The Labute approximate surface area is 172 Å². The van der Waals surface area contributed by atoms with Gasteiger partial charge in [0.15, 0.2) is 5.82 Å². The van der Waals surface area contributed by atoms with E-state index in [4.69, 9.17) is 5.73 Å². The molecule has 1 aromatic carbocycles. The number of benzene rings is 1. The number of hydrogen-bond donors (Lipinski definition) is 4. The Morgan fingerprint density at radius 3 is 2.77 bits per heavy atom. The highest BCUT2D eigenvalue weighted by Gasteiger charge is 2.15. The molecule has 0 atom stereocenters. The van der Waals surface area contributed by atoms with Gasteiger partial charge in [0.1, 0.15) is 23.5 Å². The molecule has 0 spiro atoms. The molecular formula is C20H19BN6O3. The van der Waals surface area contributed by atoms with Gasteiger partial charge >= 0.3 is 7.12 Å². The predicted octanol–water partition coefficient (Wildman–Crippen LogP) is 0.491. The summed E-state index contributed by atoms with van der Waals surface area (Å²) in [6.07, 6.45) is 3.22. The molecule has 1 amide bonds. The summed E-state index contributed by atoms with van der Waals surface area (Å²) in [6, 6.07) is 12.2. The molecule has 5 N–H and O–H groups in total. The molecule has 0 aliphatic carbocycles. The van der Waals surface area contributed by atoms with E-state index in [2.05, 4.69) is 20.3 Å². The summed E-state index contributed by atoms with van der Waals surface area (Å²) in [4.78, 5) is 25.0. The largest absolute Gasteiger partial charge is 0.488 e.